The molecule has 1 aliphatic rings. The second kappa shape index (κ2) is 5.36. The third kappa shape index (κ3) is 2.89. The van der Waals surface area contributed by atoms with Gasteiger partial charge in [0.05, 0.1) is 0 Å². The number of hydrogen-bond donors (Lipinski definition) is 3. The highest BCUT2D eigenvalue weighted by molar-refractivity contribution is 7.90. The Morgan fingerprint density at radius 2 is 2.00 bits per heavy atom. The minimum atomic E-state index is -3.33. The average molecular weight is 269 g/mol. The fraction of sp³-hybridized carbons (Fsp3) is 0.500. The van der Waals surface area contributed by atoms with Crippen molar-refractivity contribution in [2.24, 2.45) is 0 Å². The van der Waals surface area contributed by atoms with Crippen LogP contribution >= 0.6 is 0 Å². The molecular formula is C12H19N3O2S. The molecule has 18 heavy (non-hydrogen) atoms. The summed E-state index contributed by atoms with van der Waals surface area (Å²) in [5, 5.41) is -0.441. The van der Waals surface area contributed by atoms with Gasteiger partial charge in [0.2, 0.25) is 10.0 Å². The molecule has 1 saturated heterocycles. The van der Waals surface area contributed by atoms with Crippen LogP contribution in [-0.4, -0.2) is 26.3 Å². The molecule has 6 heteroatoms. The van der Waals surface area contributed by atoms with E-state index >= 15 is 0 Å². The number of rotatable bonds is 4. The van der Waals surface area contributed by atoms with Gasteiger partial charge in [-0.25, -0.2) is 13.1 Å². The van der Waals surface area contributed by atoms with Gasteiger partial charge in [-0.3, -0.25) is 10.9 Å². The zero-order valence-corrected chi connectivity index (χ0v) is 11.4. The van der Waals surface area contributed by atoms with Crippen molar-refractivity contribution in [2.45, 2.75) is 31.2 Å². The third-order valence-electron chi connectivity index (χ3n) is 3.23. The number of hydrazine groups is 1. The fourth-order valence-electron chi connectivity index (χ4n) is 2.11. The first-order valence-corrected chi connectivity index (χ1v) is 7.60. The highest BCUT2D eigenvalue weighted by atomic mass is 32.2. The average Bonchev–Trinajstić information content (AvgIpc) is 2.77. The molecule has 5 nitrogen and oxygen atoms in total. The van der Waals surface area contributed by atoms with Gasteiger partial charge < -0.3 is 0 Å². The largest absolute Gasteiger partial charge is 0.256 e. The fourth-order valence-corrected chi connectivity index (χ4v) is 3.82. The molecule has 1 aromatic carbocycles. The quantitative estimate of drug-likeness (QED) is 0.746. The Hall–Kier alpha value is -0.950. The first-order chi connectivity index (χ1) is 8.50. The Kier molecular flexibility index (Phi) is 4.01. The summed E-state index contributed by atoms with van der Waals surface area (Å²) in [5.74, 6) is 0. The normalized spacial score (nSPS) is 26.1. The molecule has 3 unspecified atom stereocenters. The third-order valence-corrected chi connectivity index (χ3v) is 5.28. The Morgan fingerprint density at radius 3 is 2.56 bits per heavy atom. The summed E-state index contributed by atoms with van der Waals surface area (Å²) < 4.78 is 27.2. The first-order valence-electron chi connectivity index (χ1n) is 6.05. The smallest absolute Gasteiger partial charge is 0.217 e. The first kappa shape index (κ1) is 13.5. The summed E-state index contributed by atoms with van der Waals surface area (Å²) >= 11 is 0. The molecule has 0 aliphatic carbocycles. The molecule has 1 aliphatic heterocycles. The monoisotopic (exact) mass is 269 g/mol. The van der Waals surface area contributed by atoms with Crippen molar-refractivity contribution in [1.82, 2.24) is 15.6 Å². The molecule has 100 valence electrons. The van der Waals surface area contributed by atoms with Crippen LogP contribution in [0.2, 0.25) is 0 Å². The van der Waals surface area contributed by atoms with Crippen LogP contribution in [0.1, 0.15) is 25.5 Å². The summed E-state index contributed by atoms with van der Waals surface area (Å²) in [4.78, 5) is 0. The van der Waals surface area contributed by atoms with E-state index < -0.39 is 15.3 Å². The van der Waals surface area contributed by atoms with Gasteiger partial charge in [-0.1, -0.05) is 30.3 Å². The van der Waals surface area contributed by atoms with Crippen molar-refractivity contribution in [3.8, 4) is 0 Å². The Balaban J connectivity index is 2.09. The van der Waals surface area contributed by atoms with E-state index in [9.17, 15) is 8.42 Å². The van der Waals surface area contributed by atoms with Gasteiger partial charge in [-0.2, -0.15) is 0 Å². The molecule has 0 aromatic heterocycles. The van der Waals surface area contributed by atoms with Crippen LogP contribution < -0.4 is 15.6 Å². The molecule has 3 N–H and O–H groups in total. The van der Waals surface area contributed by atoms with E-state index in [1.54, 1.807) is 0 Å². The van der Waals surface area contributed by atoms with E-state index in [1.807, 2.05) is 44.2 Å². The molecule has 0 amide bonds. The van der Waals surface area contributed by atoms with Crippen LogP contribution in [0, 0.1) is 0 Å². The van der Waals surface area contributed by atoms with E-state index in [-0.39, 0.29) is 12.1 Å². The highest BCUT2D eigenvalue weighted by Gasteiger charge is 2.35. The number of nitrogens with one attached hydrogen (secondary N) is 3. The van der Waals surface area contributed by atoms with Crippen molar-refractivity contribution in [2.75, 3.05) is 6.54 Å². The standard InChI is InChI=1S/C12H19N3O2S/c1-9(11-6-4-3-5-7-11)15-18(16,17)12-8-13-14-10(12)2/h3-7,9-10,12-15H,8H2,1-2H3. The molecule has 1 fully saturated rings. The van der Waals surface area contributed by atoms with Gasteiger partial charge in [0.25, 0.3) is 0 Å². The lowest BCUT2D eigenvalue weighted by Crippen LogP contribution is -2.42. The van der Waals surface area contributed by atoms with Gasteiger partial charge in [0.1, 0.15) is 5.25 Å². The van der Waals surface area contributed by atoms with Crippen LogP contribution in [0.25, 0.3) is 0 Å². The molecule has 3 atom stereocenters. The Morgan fingerprint density at radius 1 is 1.33 bits per heavy atom. The van der Waals surface area contributed by atoms with Gasteiger partial charge in [0.15, 0.2) is 0 Å². The van der Waals surface area contributed by atoms with Crippen LogP contribution in [-0.2, 0) is 10.0 Å². The summed E-state index contributed by atoms with van der Waals surface area (Å²) in [5.41, 5.74) is 6.76. The number of hydrogen-bond acceptors (Lipinski definition) is 4. The topological polar surface area (TPSA) is 70.2 Å². The molecular weight excluding hydrogens is 250 g/mol. The minimum absolute atomic E-state index is 0.0922. The van der Waals surface area contributed by atoms with Gasteiger partial charge >= 0.3 is 0 Å². The Bertz CT molecular complexity index is 489. The summed E-state index contributed by atoms with van der Waals surface area (Å²) in [7, 11) is -3.33. The van der Waals surface area contributed by atoms with E-state index in [4.69, 9.17) is 0 Å². The zero-order valence-electron chi connectivity index (χ0n) is 10.6. The molecule has 2 rings (SSSR count). The summed E-state index contributed by atoms with van der Waals surface area (Å²) in [6.07, 6.45) is 0. The van der Waals surface area contributed by atoms with Gasteiger partial charge in [0, 0.05) is 18.6 Å². The molecule has 0 radical (unpaired) electrons. The van der Waals surface area contributed by atoms with Gasteiger partial charge in [-0.15, -0.1) is 0 Å². The predicted molar refractivity (Wildman–Crippen MR) is 71.3 cm³/mol. The minimum Gasteiger partial charge on any atom is -0.256 e. The van der Waals surface area contributed by atoms with Crippen molar-refractivity contribution in [1.29, 1.82) is 0 Å². The van der Waals surface area contributed by atoms with Crippen LogP contribution in [0.3, 0.4) is 0 Å². The van der Waals surface area contributed by atoms with E-state index in [0.29, 0.717) is 6.54 Å². The number of sulfonamides is 1. The molecule has 1 heterocycles. The lowest BCUT2D eigenvalue weighted by molar-refractivity contribution is 0.539. The maximum Gasteiger partial charge on any atom is 0.217 e. The van der Waals surface area contributed by atoms with Crippen molar-refractivity contribution in [3.63, 3.8) is 0 Å². The number of benzene rings is 1. The van der Waals surface area contributed by atoms with Crippen molar-refractivity contribution >= 4 is 10.0 Å². The molecule has 0 bridgehead atoms. The second-order valence-electron chi connectivity index (χ2n) is 4.65. The predicted octanol–water partition coefficient (Wildman–Crippen LogP) is 0.532. The van der Waals surface area contributed by atoms with Crippen LogP contribution in [0.15, 0.2) is 30.3 Å². The Labute approximate surface area is 108 Å². The zero-order chi connectivity index (χ0) is 13.2. The summed E-state index contributed by atoms with van der Waals surface area (Å²) in [6.45, 7) is 4.14. The van der Waals surface area contributed by atoms with Crippen LogP contribution in [0.4, 0.5) is 0 Å². The van der Waals surface area contributed by atoms with E-state index in [0.717, 1.165) is 5.56 Å². The molecule has 0 spiro atoms. The lowest BCUT2D eigenvalue weighted by Gasteiger charge is -2.20. The molecule has 1 aromatic rings. The lowest BCUT2D eigenvalue weighted by atomic mass is 10.1. The maximum absolute atomic E-state index is 12.2. The van der Waals surface area contributed by atoms with Crippen molar-refractivity contribution < 1.29 is 8.42 Å². The van der Waals surface area contributed by atoms with E-state index in [1.165, 1.54) is 0 Å². The van der Waals surface area contributed by atoms with Crippen LogP contribution in [0.5, 0.6) is 0 Å². The van der Waals surface area contributed by atoms with E-state index in [2.05, 4.69) is 15.6 Å². The molecule has 0 saturated carbocycles. The van der Waals surface area contributed by atoms with Gasteiger partial charge in [-0.05, 0) is 19.4 Å². The SMILES string of the molecule is CC(NS(=O)(=O)C1CNNC1C)c1ccccc1. The summed E-state index contributed by atoms with van der Waals surface area (Å²) in [6, 6.07) is 9.25. The second-order valence-corrected chi connectivity index (χ2v) is 6.58. The maximum atomic E-state index is 12.2. The van der Waals surface area contributed by atoms with Crippen molar-refractivity contribution in [3.05, 3.63) is 35.9 Å². The highest BCUT2D eigenvalue weighted by Crippen LogP contribution is 2.16.